The second-order valence-corrected chi connectivity index (χ2v) is 6.04. The van der Waals surface area contributed by atoms with Crippen LogP contribution in [-0.4, -0.2) is 24.8 Å². The zero-order valence-electron chi connectivity index (χ0n) is 13.6. The molecule has 0 aliphatic rings. The summed E-state index contributed by atoms with van der Waals surface area (Å²) >= 11 is 3.51. The summed E-state index contributed by atoms with van der Waals surface area (Å²) in [5, 5.41) is 12.3. The van der Waals surface area contributed by atoms with E-state index in [0.29, 0.717) is 24.6 Å². The molecule has 2 rings (SSSR count). The number of ether oxygens (including phenoxy) is 2. The molecule has 128 valence electrons. The molecule has 0 aromatic heterocycles. The molecule has 0 unspecified atom stereocenters. The molecule has 0 saturated heterocycles. The summed E-state index contributed by atoms with van der Waals surface area (Å²) in [5.74, 6) is 0.439. The summed E-state index contributed by atoms with van der Waals surface area (Å²) in [6, 6.07) is 10.6. The Morgan fingerprint density at radius 3 is 2.58 bits per heavy atom. The quantitative estimate of drug-likeness (QED) is 0.687. The van der Waals surface area contributed by atoms with Gasteiger partial charge in [-0.05, 0) is 58.2 Å². The highest BCUT2D eigenvalue weighted by atomic mass is 79.9. The third-order valence-electron chi connectivity index (χ3n) is 3.39. The van der Waals surface area contributed by atoms with Gasteiger partial charge in [-0.15, -0.1) is 0 Å². The Balaban J connectivity index is 2.11. The highest BCUT2D eigenvalue weighted by Gasteiger charge is 2.09. The number of anilines is 1. The lowest BCUT2D eigenvalue weighted by Gasteiger charge is -2.13. The normalized spacial score (nSPS) is 10.3. The van der Waals surface area contributed by atoms with E-state index >= 15 is 0 Å². The van der Waals surface area contributed by atoms with Crippen LogP contribution in [0.2, 0.25) is 0 Å². The van der Waals surface area contributed by atoms with E-state index in [-0.39, 0.29) is 5.56 Å². The number of nitrogens with one attached hydrogen (secondary N) is 1. The molecule has 0 aliphatic heterocycles. The molecule has 0 radical (unpaired) electrons. The van der Waals surface area contributed by atoms with Gasteiger partial charge in [-0.25, -0.2) is 4.79 Å². The van der Waals surface area contributed by atoms with Crippen molar-refractivity contribution in [3.63, 3.8) is 0 Å². The van der Waals surface area contributed by atoms with Crippen LogP contribution in [0, 0.1) is 0 Å². The van der Waals surface area contributed by atoms with Gasteiger partial charge in [0.25, 0.3) is 0 Å². The molecule has 0 spiro atoms. The fourth-order valence-corrected chi connectivity index (χ4v) is 2.70. The van der Waals surface area contributed by atoms with E-state index in [1.54, 1.807) is 19.2 Å². The van der Waals surface area contributed by atoms with E-state index in [2.05, 4.69) is 28.2 Å². The minimum Gasteiger partial charge on any atom is -0.495 e. The van der Waals surface area contributed by atoms with Crippen LogP contribution in [0.25, 0.3) is 0 Å². The molecular formula is C18H20BrNO4. The van der Waals surface area contributed by atoms with Crippen molar-refractivity contribution in [3.8, 4) is 11.5 Å². The number of carboxylic acids is 1. The van der Waals surface area contributed by atoms with Crippen molar-refractivity contribution in [1.82, 2.24) is 0 Å². The zero-order chi connectivity index (χ0) is 17.5. The van der Waals surface area contributed by atoms with Crippen LogP contribution < -0.4 is 14.8 Å². The Labute approximate surface area is 149 Å². The van der Waals surface area contributed by atoms with Crippen molar-refractivity contribution in [2.24, 2.45) is 0 Å². The van der Waals surface area contributed by atoms with Crippen molar-refractivity contribution >= 4 is 27.6 Å². The molecule has 6 heteroatoms. The van der Waals surface area contributed by atoms with Crippen molar-refractivity contribution in [2.45, 2.75) is 19.9 Å². The predicted molar refractivity (Wildman–Crippen MR) is 97.2 cm³/mol. The summed E-state index contributed by atoms with van der Waals surface area (Å²) in [6.07, 6.45) is 0.954. The maximum Gasteiger partial charge on any atom is 0.335 e. The maximum absolute atomic E-state index is 11.1. The van der Waals surface area contributed by atoms with Crippen LogP contribution in [0.3, 0.4) is 0 Å². The van der Waals surface area contributed by atoms with Gasteiger partial charge in [0.1, 0.15) is 11.5 Å². The highest BCUT2D eigenvalue weighted by Crippen LogP contribution is 2.29. The Bertz CT molecular complexity index is 718. The molecule has 2 aromatic carbocycles. The van der Waals surface area contributed by atoms with E-state index in [1.165, 1.54) is 6.07 Å². The van der Waals surface area contributed by atoms with Crippen LogP contribution in [0.4, 0.5) is 5.69 Å². The highest BCUT2D eigenvalue weighted by molar-refractivity contribution is 9.10. The van der Waals surface area contributed by atoms with E-state index in [0.717, 1.165) is 22.2 Å². The summed E-state index contributed by atoms with van der Waals surface area (Å²) < 4.78 is 11.8. The van der Waals surface area contributed by atoms with Gasteiger partial charge in [0.05, 0.1) is 29.4 Å². The number of carboxylic acid groups (broad SMARTS) is 1. The van der Waals surface area contributed by atoms with E-state index in [4.69, 9.17) is 14.6 Å². The number of carbonyl (C=O) groups is 1. The molecule has 0 atom stereocenters. The summed E-state index contributed by atoms with van der Waals surface area (Å²) in [4.78, 5) is 11.1. The van der Waals surface area contributed by atoms with Crippen LogP contribution in [0.1, 0.15) is 29.3 Å². The number of rotatable bonds is 8. The number of benzene rings is 2. The number of hydrogen-bond acceptors (Lipinski definition) is 4. The molecule has 0 amide bonds. The van der Waals surface area contributed by atoms with Crippen molar-refractivity contribution < 1.29 is 19.4 Å². The molecule has 2 aromatic rings. The van der Waals surface area contributed by atoms with Gasteiger partial charge in [-0.2, -0.15) is 0 Å². The van der Waals surface area contributed by atoms with Gasteiger partial charge in [-0.1, -0.05) is 13.0 Å². The number of methoxy groups -OCH3 is 1. The standard InChI is InChI=1S/C18H20BrNO4/c1-3-8-24-16-6-4-12(9-14(16)19)11-20-15-10-13(18(21)22)5-7-17(15)23-2/h4-7,9-10,20H,3,8,11H2,1-2H3,(H,21,22). The molecular weight excluding hydrogens is 374 g/mol. The van der Waals surface area contributed by atoms with E-state index < -0.39 is 5.97 Å². The first-order valence-electron chi connectivity index (χ1n) is 7.61. The summed E-state index contributed by atoms with van der Waals surface area (Å²) in [7, 11) is 1.55. The van der Waals surface area contributed by atoms with Crippen molar-refractivity contribution in [3.05, 3.63) is 52.0 Å². The van der Waals surface area contributed by atoms with Gasteiger partial charge in [0, 0.05) is 6.54 Å². The average Bonchev–Trinajstić information content (AvgIpc) is 2.58. The number of hydrogen-bond donors (Lipinski definition) is 2. The summed E-state index contributed by atoms with van der Waals surface area (Å²) in [5.41, 5.74) is 1.89. The summed E-state index contributed by atoms with van der Waals surface area (Å²) in [6.45, 7) is 3.27. The van der Waals surface area contributed by atoms with Gasteiger partial charge in [0.2, 0.25) is 0 Å². The second-order valence-electron chi connectivity index (χ2n) is 5.19. The van der Waals surface area contributed by atoms with E-state index in [9.17, 15) is 4.79 Å². The number of halogens is 1. The van der Waals surface area contributed by atoms with Crippen LogP contribution in [-0.2, 0) is 6.54 Å². The van der Waals surface area contributed by atoms with Gasteiger partial charge in [0.15, 0.2) is 0 Å². The molecule has 24 heavy (non-hydrogen) atoms. The van der Waals surface area contributed by atoms with Gasteiger partial charge < -0.3 is 19.9 Å². The SMILES string of the molecule is CCCOc1ccc(CNc2cc(C(=O)O)ccc2OC)cc1Br. The average molecular weight is 394 g/mol. The second kappa shape index (κ2) is 8.59. The van der Waals surface area contributed by atoms with Gasteiger partial charge in [-0.3, -0.25) is 0 Å². The lowest BCUT2D eigenvalue weighted by molar-refractivity contribution is 0.0697. The molecule has 0 saturated carbocycles. The van der Waals surface area contributed by atoms with E-state index in [1.807, 2.05) is 18.2 Å². The third-order valence-corrected chi connectivity index (χ3v) is 4.01. The first-order chi connectivity index (χ1) is 11.5. The Morgan fingerprint density at radius 2 is 1.96 bits per heavy atom. The zero-order valence-corrected chi connectivity index (χ0v) is 15.2. The Kier molecular flexibility index (Phi) is 6.49. The smallest absolute Gasteiger partial charge is 0.335 e. The minimum atomic E-state index is -0.971. The molecule has 0 aliphatic carbocycles. The predicted octanol–water partition coefficient (Wildman–Crippen LogP) is 4.56. The number of aromatic carboxylic acids is 1. The molecule has 0 fully saturated rings. The maximum atomic E-state index is 11.1. The minimum absolute atomic E-state index is 0.211. The van der Waals surface area contributed by atoms with Crippen molar-refractivity contribution in [1.29, 1.82) is 0 Å². The first-order valence-corrected chi connectivity index (χ1v) is 8.41. The molecule has 2 N–H and O–H groups in total. The van der Waals surface area contributed by atoms with Crippen LogP contribution in [0.5, 0.6) is 11.5 Å². The monoisotopic (exact) mass is 393 g/mol. The van der Waals surface area contributed by atoms with Crippen molar-refractivity contribution in [2.75, 3.05) is 19.0 Å². The van der Waals surface area contributed by atoms with Gasteiger partial charge >= 0.3 is 5.97 Å². The Hall–Kier alpha value is -2.21. The topological polar surface area (TPSA) is 67.8 Å². The fraction of sp³-hybridized carbons (Fsp3) is 0.278. The van der Waals surface area contributed by atoms with Crippen LogP contribution in [0.15, 0.2) is 40.9 Å². The lowest BCUT2D eigenvalue weighted by atomic mass is 10.1. The third kappa shape index (κ3) is 4.64. The largest absolute Gasteiger partial charge is 0.495 e. The van der Waals surface area contributed by atoms with Crippen LogP contribution >= 0.6 is 15.9 Å². The first kappa shape index (κ1) is 18.1. The molecule has 5 nitrogen and oxygen atoms in total. The molecule has 0 bridgehead atoms. The molecule has 0 heterocycles. The lowest BCUT2D eigenvalue weighted by Crippen LogP contribution is -2.04. The fourth-order valence-electron chi connectivity index (χ4n) is 2.16. The Morgan fingerprint density at radius 1 is 1.21 bits per heavy atom.